The Bertz CT molecular complexity index is 142. The Labute approximate surface area is 72.7 Å². The molecule has 0 aromatic rings. The summed E-state index contributed by atoms with van der Waals surface area (Å²) in [5.41, 5.74) is -0.412. The van der Waals surface area contributed by atoms with Crippen molar-refractivity contribution in [1.29, 1.82) is 0 Å². The van der Waals surface area contributed by atoms with Gasteiger partial charge in [-0.15, -0.1) is 0 Å². The lowest BCUT2D eigenvalue weighted by Gasteiger charge is -2.20. The predicted molar refractivity (Wildman–Crippen MR) is 42.9 cm³/mol. The summed E-state index contributed by atoms with van der Waals surface area (Å²) in [5, 5.41) is 4.26. The van der Waals surface area contributed by atoms with Crippen LogP contribution in [-0.2, 0) is 19.6 Å². The van der Waals surface area contributed by atoms with E-state index in [1.807, 2.05) is 20.8 Å². The normalized spacial score (nSPS) is 11.3. The van der Waals surface area contributed by atoms with E-state index in [1.165, 1.54) is 6.92 Å². The minimum atomic E-state index is -0.526. The van der Waals surface area contributed by atoms with Crippen LogP contribution >= 0.6 is 0 Å². The second kappa shape index (κ2) is 5.11. The van der Waals surface area contributed by atoms with Crippen LogP contribution in [0.5, 0.6) is 0 Å². The molecule has 0 aromatic carbocycles. The van der Waals surface area contributed by atoms with Gasteiger partial charge < -0.3 is 0 Å². The van der Waals surface area contributed by atoms with E-state index in [2.05, 4.69) is 9.93 Å². The Morgan fingerprint density at radius 3 is 2.42 bits per heavy atom. The lowest BCUT2D eigenvalue weighted by molar-refractivity contribution is -0.516. The third kappa shape index (κ3) is 6.12. The zero-order chi connectivity index (χ0) is 9.61. The van der Waals surface area contributed by atoms with Crippen LogP contribution in [0.3, 0.4) is 0 Å². The van der Waals surface area contributed by atoms with Gasteiger partial charge in [-0.3, -0.25) is 4.89 Å². The summed E-state index contributed by atoms with van der Waals surface area (Å²) in [4.78, 5) is 19.3. The molecule has 0 N–H and O–H groups in total. The molecular formula is C8H16O4. The third-order valence-corrected chi connectivity index (χ3v) is 1.26. The van der Waals surface area contributed by atoms with E-state index in [4.69, 9.17) is 4.89 Å². The molecule has 0 spiro atoms. The van der Waals surface area contributed by atoms with E-state index in [0.29, 0.717) is 0 Å². The number of carbonyl (C=O) groups is 1. The summed E-state index contributed by atoms with van der Waals surface area (Å²) >= 11 is 0. The zero-order valence-corrected chi connectivity index (χ0v) is 8.05. The van der Waals surface area contributed by atoms with Crippen molar-refractivity contribution in [1.82, 2.24) is 0 Å². The van der Waals surface area contributed by atoms with Gasteiger partial charge >= 0.3 is 5.97 Å². The minimum absolute atomic E-state index is 0.412. The lowest BCUT2D eigenvalue weighted by Crippen LogP contribution is -2.24. The highest BCUT2D eigenvalue weighted by Crippen LogP contribution is 2.16. The standard InChI is InChI=1S/C8H16O4/c1-5-6-8(3,4)11-12-10-7(2)9/h5-6H2,1-4H3. The quantitative estimate of drug-likeness (QED) is 0.474. The van der Waals surface area contributed by atoms with Gasteiger partial charge in [-0.05, 0) is 25.3 Å². The number of carbonyl (C=O) groups excluding carboxylic acids is 1. The Morgan fingerprint density at radius 2 is 2.00 bits per heavy atom. The molecule has 0 aliphatic heterocycles. The number of hydrogen-bond acceptors (Lipinski definition) is 4. The van der Waals surface area contributed by atoms with Crippen molar-refractivity contribution in [2.45, 2.75) is 46.1 Å². The summed E-state index contributed by atoms with van der Waals surface area (Å²) < 4.78 is 0. The Kier molecular flexibility index (Phi) is 4.85. The largest absolute Gasteiger partial charge is 0.342 e. The molecule has 0 aromatic heterocycles. The van der Waals surface area contributed by atoms with E-state index in [-0.39, 0.29) is 0 Å². The van der Waals surface area contributed by atoms with Crippen LogP contribution < -0.4 is 0 Å². The molecule has 72 valence electrons. The molecule has 0 aliphatic rings. The van der Waals surface area contributed by atoms with Gasteiger partial charge in [0.1, 0.15) is 5.60 Å². The van der Waals surface area contributed by atoms with Crippen molar-refractivity contribution in [3.8, 4) is 0 Å². The topological polar surface area (TPSA) is 44.8 Å². The second-order valence-corrected chi connectivity index (χ2v) is 3.24. The van der Waals surface area contributed by atoms with E-state index < -0.39 is 11.6 Å². The van der Waals surface area contributed by atoms with Crippen molar-refractivity contribution < 1.29 is 19.6 Å². The van der Waals surface area contributed by atoms with Crippen LogP contribution in [0.2, 0.25) is 0 Å². The van der Waals surface area contributed by atoms with Crippen molar-refractivity contribution in [3.63, 3.8) is 0 Å². The molecule has 0 unspecified atom stereocenters. The van der Waals surface area contributed by atoms with Crippen molar-refractivity contribution in [2.75, 3.05) is 0 Å². The van der Waals surface area contributed by atoms with E-state index >= 15 is 0 Å². The fourth-order valence-corrected chi connectivity index (χ4v) is 0.801. The Balaban J connectivity index is 3.53. The molecule has 0 aliphatic carbocycles. The molecule has 0 amide bonds. The van der Waals surface area contributed by atoms with Gasteiger partial charge in [0, 0.05) is 6.92 Å². The molecule has 0 radical (unpaired) electrons. The SMILES string of the molecule is CCCC(C)(C)OOOC(C)=O. The van der Waals surface area contributed by atoms with Gasteiger partial charge in [-0.1, -0.05) is 13.3 Å². The van der Waals surface area contributed by atoms with Gasteiger partial charge in [0.15, 0.2) is 0 Å². The Morgan fingerprint density at radius 1 is 1.42 bits per heavy atom. The maximum Gasteiger partial charge on any atom is 0.342 e. The fourth-order valence-electron chi connectivity index (χ4n) is 0.801. The molecule has 0 heterocycles. The molecule has 0 rings (SSSR count). The summed E-state index contributed by atoms with van der Waals surface area (Å²) in [6.45, 7) is 7.01. The lowest BCUT2D eigenvalue weighted by atomic mass is 10.0. The first-order valence-electron chi connectivity index (χ1n) is 4.01. The smallest absolute Gasteiger partial charge is 0.269 e. The van der Waals surface area contributed by atoms with E-state index in [0.717, 1.165) is 12.8 Å². The van der Waals surface area contributed by atoms with Gasteiger partial charge in [0.25, 0.3) is 0 Å². The van der Waals surface area contributed by atoms with Crippen molar-refractivity contribution >= 4 is 5.97 Å². The summed E-state index contributed by atoms with van der Waals surface area (Å²) in [6, 6.07) is 0. The molecule has 12 heavy (non-hydrogen) atoms. The van der Waals surface area contributed by atoms with Crippen molar-refractivity contribution in [3.05, 3.63) is 0 Å². The highest BCUT2D eigenvalue weighted by molar-refractivity contribution is 5.65. The first-order valence-corrected chi connectivity index (χ1v) is 4.01. The van der Waals surface area contributed by atoms with Gasteiger partial charge in [0.05, 0.1) is 0 Å². The highest BCUT2D eigenvalue weighted by Gasteiger charge is 2.19. The number of rotatable bonds is 5. The predicted octanol–water partition coefficient (Wildman–Crippen LogP) is 1.99. The first kappa shape index (κ1) is 11.4. The number of hydrogen-bond donors (Lipinski definition) is 0. The molecule has 0 atom stereocenters. The van der Waals surface area contributed by atoms with Crippen LogP contribution in [0.4, 0.5) is 0 Å². The van der Waals surface area contributed by atoms with Crippen LogP contribution in [-0.4, -0.2) is 11.6 Å². The van der Waals surface area contributed by atoms with Gasteiger partial charge in [0.2, 0.25) is 0 Å². The van der Waals surface area contributed by atoms with Crippen LogP contribution in [0, 0.1) is 0 Å². The second-order valence-electron chi connectivity index (χ2n) is 3.24. The summed E-state index contributed by atoms with van der Waals surface area (Å²) in [5.74, 6) is -0.526. The molecule has 0 fully saturated rings. The Hall–Kier alpha value is -0.610. The van der Waals surface area contributed by atoms with Crippen LogP contribution in [0.25, 0.3) is 0 Å². The summed E-state index contributed by atoms with van der Waals surface area (Å²) in [7, 11) is 0. The highest BCUT2D eigenvalue weighted by atomic mass is 17.5. The zero-order valence-electron chi connectivity index (χ0n) is 8.05. The maximum absolute atomic E-state index is 10.3. The molecule has 0 saturated heterocycles. The minimum Gasteiger partial charge on any atom is -0.269 e. The van der Waals surface area contributed by atoms with Crippen molar-refractivity contribution in [2.24, 2.45) is 0 Å². The molecular weight excluding hydrogens is 160 g/mol. The summed E-state index contributed by atoms with van der Waals surface area (Å²) in [6.07, 6.45) is 1.82. The van der Waals surface area contributed by atoms with Gasteiger partial charge in [-0.25, -0.2) is 4.79 Å². The molecule has 0 saturated carbocycles. The molecule has 4 heteroatoms. The molecule has 4 nitrogen and oxygen atoms in total. The maximum atomic E-state index is 10.3. The van der Waals surface area contributed by atoms with Gasteiger partial charge in [-0.2, -0.15) is 4.89 Å². The van der Waals surface area contributed by atoms with E-state index in [1.54, 1.807) is 0 Å². The average Bonchev–Trinajstić information content (AvgIpc) is 1.85. The fraction of sp³-hybridized carbons (Fsp3) is 0.875. The molecule has 0 bridgehead atoms. The van der Waals surface area contributed by atoms with E-state index in [9.17, 15) is 4.79 Å². The third-order valence-electron chi connectivity index (χ3n) is 1.26. The van der Waals surface area contributed by atoms with Crippen LogP contribution in [0.15, 0.2) is 0 Å². The van der Waals surface area contributed by atoms with Crippen LogP contribution in [0.1, 0.15) is 40.5 Å². The first-order chi connectivity index (χ1) is 5.48. The average molecular weight is 176 g/mol. The monoisotopic (exact) mass is 176 g/mol.